The average Bonchev–Trinajstić information content (AvgIpc) is 3.28. The van der Waals surface area contributed by atoms with Crippen molar-refractivity contribution in [3.8, 4) is 11.5 Å². The zero-order valence-corrected chi connectivity index (χ0v) is 18.5. The maximum Gasteiger partial charge on any atom is 0.286 e. The molecule has 0 radical (unpaired) electrons. The number of halogens is 1. The number of benzene rings is 2. The number of hydrogen-bond acceptors (Lipinski definition) is 8. The van der Waals surface area contributed by atoms with Gasteiger partial charge in [0.05, 0.1) is 6.04 Å². The Morgan fingerprint density at radius 3 is 2.79 bits per heavy atom. The van der Waals surface area contributed by atoms with Crippen LogP contribution in [0.5, 0.6) is 11.5 Å². The third kappa shape index (κ3) is 6.02. The van der Waals surface area contributed by atoms with Crippen LogP contribution < -0.4 is 20.1 Å². The van der Waals surface area contributed by atoms with Gasteiger partial charge in [0, 0.05) is 5.69 Å². The molecule has 0 bridgehead atoms. The van der Waals surface area contributed by atoms with Gasteiger partial charge in [-0.05, 0) is 42.8 Å². The molecule has 2 heterocycles. The number of rotatable bonds is 8. The number of anilines is 1. The fraction of sp³-hybridized carbons (Fsp3) is 0.273. The molecule has 1 aromatic heterocycles. The number of nitrogens with zero attached hydrogens (tertiary/aromatic N) is 2. The normalized spacial score (nSPS) is 13.3. The maximum absolute atomic E-state index is 13.2. The van der Waals surface area contributed by atoms with Gasteiger partial charge in [-0.15, -0.1) is 10.2 Å². The number of amides is 2. The fourth-order valence-corrected chi connectivity index (χ4v) is 3.75. The van der Waals surface area contributed by atoms with Crippen molar-refractivity contribution < 1.29 is 28.2 Å². The van der Waals surface area contributed by atoms with Crippen LogP contribution in [-0.4, -0.2) is 41.8 Å². The van der Waals surface area contributed by atoms with Crippen LogP contribution in [0.25, 0.3) is 0 Å². The van der Waals surface area contributed by atoms with E-state index in [2.05, 4.69) is 20.8 Å². The highest BCUT2D eigenvalue weighted by molar-refractivity contribution is 7.13. The van der Waals surface area contributed by atoms with Gasteiger partial charge in [-0.3, -0.25) is 9.59 Å². The third-order valence-electron chi connectivity index (χ3n) is 4.65. The molecule has 0 saturated heterocycles. The number of nitrogens with one attached hydrogen (secondary N) is 2. The van der Waals surface area contributed by atoms with E-state index in [1.807, 2.05) is 25.1 Å². The Morgan fingerprint density at radius 1 is 1.15 bits per heavy atom. The SMILES string of the molecule is C[C@H](NC(=O)COCc1nnc(C(=O)Nc2cccc(F)c2)s1)c1ccc2c(c1)OCCO2. The van der Waals surface area contributed by atoms with Crippen molar-refractivity contribution in [1.82, 2.24) is 15.5 Å². The monoisotopic (exact) mass is 472 g/mol. The topological polar surface area (TPSA) is 112 Å². The standard InChI is InChI=1S/C22H21FN4O5S/c1-13(14-5-6-17-18(9-14)32-8-7-31-17)24-19(28)11-30-12-20-26-27-22(33-20)21(29)25-16-4-2-3-15(23)10-16/h2-6,9-10,13H,7-8,11-12H2,1H3,(H,24,28)(H,25,29)/t13-/m0/s1. The van der Waals surface area contributed by atoms with Crippen molar-refractivity contribution in [1.29, 1.82) is 0 Å². The third-order valence-corrected chi connectivity index (χ3v) is 5.54. The highest BCUT2D eigenvalue weighted by Gasteiger charge is 2.17. The zero-order valence-electron chi connectivity index (χ0n) is 17.7. The molecule has 33 heavy (non-hydrogen) atoms. The van der Waals surface area contributed by atoms with Crippen molar-refractivity contribution in [3.63, 3.8) is 0 Å². The highest BCUT2D eigenvalue weighted by Crippen LogP contribution is 2.32. The summed E-state index contributed by atoms with van der Waals surface area (Å²) in [6.45, 7) is 2.71. The van der Waals surface area contributed by atoms with Gasteiger partial charge in [-0.25, -0.2) is 4.39 Å². The smallest absolute Gasteiger partial charge is 0.286 e. The minimum atomic E-state index is -0.504. The minimum absolute atomic E-state index is 0.0245. The number of fused-ring (bicyclic) bond motifs is 1. The van der Waals surface area contributed by atoms with E-state index in [1.165, 1.54) is 18.2 Å². The summed E-state index contributed by atoms with van der Waals surface area (Å²) in [6.07, 6.45) is 0. The number of hydrogen-bond donors (Lipinski definition) is 2. The first-order valence-corrected chi connectivity index (χ1v) is 11.0. The van der Waals surface area contributed by atoms with Gasteiger partial charge in [-0.2, -0.15) is 0 Å². The lowest BCUT2D eigenvalue weighted by Gasteiger charge is -2.21. The molecule has 0 fully saturated rings. The molecule has 2 amide bonds. The van der Waals surface area contributed by atoms with Gasteiger partial charge in [0.1, 0.15) is 37.3 Å². The summed E-state index contributed by atoms with van der Waals surface area (Å²) in [5.41, 5.74) is 1.20. The van der Waals surface area contributed by atoms with Gasteiger partial charge in [0.2, 0.25) is 10.9 Å². The first-order chi connectivity index (χ1) is 16.0. The molecular formula is C22H21FN4O5S. The maximum atomic E-state index is 13.2. The first-order valence-electron chi connectivity index (χ1n) is 10.1. The van der Waals surface area contributed by atoms with Gasteiger partial charge in [-0.1, -0.05) is 23.5 Å². The van der Waals surface area contributed by atoms with E-state index in [0.717, 1.165) is 16.9 Å². The second-order valence-corrected chi connectivity index (χ2v) is 8.21. The van der Waals surface area contributed by atoms with Crippen molar-refractivity contribution in [3.05, 3.63) is 63.9 Å². The number of carbonyl (C=O) groups is 2. The van der Waals surface area contributed by atoms with E-state index in [0.29, 0.717) is 35.4 Å². The van der Waals surface area contributed by atoms with E-state index < -0.39 is 11.7 Å². The van der Waals surface area contributed by atoms with Crippen LogP contribution in [0.2, 0.25) is 0 Å². The van der Waals surface area contributed by atoms with E-state index in [1.54, 1.807) is 6.07 Å². The van der Waals surface area contributed by atoms with Crippen LogP contribution in [0.4, 0.5) is 10.1 Å². The molecule has 0 aliphatic carbocycles. The van der Waals surface area contributed by atoms with Crippen molar-refractivity contribution in [2.75, 3.05) is 25.1 Å². The second-order valence-electron chi connectivity index (χ2n) is 7.15. The molecule has 1 aliphatic heterocycles. The van der Waals surface area contributed by atoms with Crippen LogP contribution >= 0.6 is 11.3 Å². The van der Waals surface area contributed by atoms with Gasteiger partial charge in [0.25, 0.3) is 5.91 Å². The molecular weight excluding hydrogens is 451 g/mol. The molecule has 4 rings (SSSR count). The summed E-state index contributed by atoms with van der Waals surface area (Å²) in [4.78, 5) is 24.4. The Labute approximate surface area is 192 Å². The van der Waals surface area contributed by atoms with Gasteiger partial charge in [0.15, 0.2) is 11.5 Å². The quantitative estimate of drug-likeness (QED) is 0.518. The summed E-state index contributed by atoms with van der Waals surface area (Å²) in [7, 11) is 0. The highest BCUT2D eigenvalue weighted by atomic mass is 32.1. The Morgan fingerprint density at radius 2 is 1.97 bits per heavy atom. The summed E-state index contributed by atoms with van der Waals surface area (Å²) in [5.74, 6) is 0.0829. The summed E-state index contributed by atoms with van der Waals surface area (Å²) in [6, 6.07) is 10.8. The fourth-order valence-electron chi connectivity index (χ4n) is 3.08. The van der Waals surface area contributed by atoms with Crippen molar-refractivity contribution in [2.45, 2.75) is 19.6 Å². The lowest BCUT2D eigenvalue weighted by atomic mass is 10.1. The molecule has 9 nitrogen and oxygen atoms in total. The van der Waals surface area contributed by atoms with Crippen LogP contribution in [0.3, 0.4) is 0 Å². The summed E-state index contributed by atoms with van der Waals surface area (Å²) < 4.78 is 29.7. The van der Waals surface area contributed by atoms with E-state index in [9.17, 15) is 14.0 Å². The summed E-state index contributed by atoms with van der Waals surface area (Å²) >= 11 is 1.03. The van der Waals surface area contributed by atoms with Crippen LogP contribution in [-0.2, 0) is 16.1 Å². The number of aromatic nitrogens is 2. The Bertz CT molecular complexity index is 1160. The van der Waals surface area contributed by atoms with Crippen LogP contribution in [0, 0.1) is 5.82 Å². The Kier molecular flexibility index (Phi) is 7.10. The molecule has 11 heteroatoms. The molecule has 0 spiro atoms. The average molecular weight is 472 g/mol. The molecule has 2 N–H and O–H groups in total. The van der Waals surface area contributed by atoms with Crippen LogP contribution in [0.15, 0.2) is 42.5 Å². The predicted molar refractivity (Wildman–Crippen MR) is 118 cm³/mol. The molecule has 2 aromatic carbocycles. The summed E-state index contributed by atoms with van der Waals surface area (Å²) in [5, 5.41) is 13.7. The molecule has 172 valence electrons. The predicted octanol–water partition coefficient (Wildman–Crippen LogP) is 3.09. The number of carbonyl (C=O) groups excluding carboxylic acids is 2. The van der Waals surface area contributed by atoms with E-state index >= 15 is 0 Å². The van der Waals surface area contributed by atoms with Gasteiger partial charge >= 0.3 is 0 Å². The first kappa shape index (κ1) is 22.6. The van der Waals surface area contributed by atoms with Gasteiger partial charge < -0.3 is 24.8 Å². The van der Waals surface area contributed by atoms with E-state index in [4.69, 9.17) is 14.2 Å². The molecule has 0 unspecified atom stereocenters. The lowest BCUT2D eigenvalue weighted by molar-refractivity contribution is -0.126. The second kappa shape index (κ2) is 10.4. The minimum Gasteiger partial charge on any atom is -0.486 e. The molecule has 3 aromatic rings. The Balaban J connectivity index is 1.23. The number of ether oxygens (including phenoxy) is 3. The lowest BCUT2D eigenvalue weighted by Crippen LogP contribution is -2.30. The molecule has 0 saturated carbocycles. The van der Waals surface area contributed by atoms with Crippen molar-refractivity contribution >= 4 is 28.8 Å². The largest absolute Gasteiger partial charge is 0.486 e. The molecule has 1 aliphatic rings. The van der Waals surface area contributed by atoms with Crippen molar-refractivity contribution in [2.24, 2.45) is 0 Å². The molecule has 1 atom stereocenters. The zero-order chi connectivity index (χ0) is 23.2. The Hall–Kier alpha value is -3.57. The van der Waals surface area contributed by atoms with Crippen LogP contribution in [0.1, 0.15) is 33.3 Å². The van der Waals surface area contributed by atoms with E-state index in [-0.39, 0.29) is 30.2 Å².